The minimum absolute atomic E-state index is 0.519. The van der Waals surface area contributed by atoms with Crippen LogP contribution in [-0.2, 0) is 0 Å². The van der Waals surface area contributed by atoms with Crippen molar-refractivity contribution in [2.24, 2.45) is 0 Å². The molecule has 0 aliphatic heterocycles. The summed E-state index contributed by atoms with van der Waals surface area (Å²) in [6, 6.07) is 18.3. The number of hydrogen-bond acceptors (Lipinski definition) is 2. The summed E-state index contributed by atoms with van der Waals surface area (Å²) >= 11 is 12.4. The Bertz CT molecular complexity index is 1040. The molecule has 0 fully saturated rings. The van der Waals surface area contributed by atoms with Gasteiger partial charge in [-0.05, 0) is 35.0 Å². The number of H-pyrrole nitrogens is 1. The van der Waals surface area contributed by atoms with Gasteiger partial charge in [0.15, 0.2) is 0 Å². The van der Waals surface area contributed by atoms with Gasteiger partial charge in [0.25, 0.3) is 0 Å². The van der Waals surface area contributed by atoms with Crippen molar-refractivity contribution in [1.82, 2.24) is 4.98 Å². The van der Waals surface area contributed by atoms with E-state index in [2.05, 4.69) is 40.6 Å². The van der Waals surface area contributed by atoms with Crippen molar-refractivity contribution in [3.63, 3.8) is 0 Å². The Kier molecular flexibility index (Phi) is 4.43. The summed E-state index contributed by atoms with van der Waals surface area (Å²) in [6.45, 7) is 1.20. The van der Waals surface area contributed by atoms with Gasteiger partial charge in [-0.2, -0.15) is 0 Å². The molecule has 0 saturated heterocycles. The van der Waals surface area contributed by atoms with Gasteiger partial charge in [0, 0.05) is 18.4 Å². The molecule has 0 radical (unpaired) electrons. The first-order chi connectivity index (χ1) is 12.2. The molecule has 0 saturated carbocycles. The topological polar surface area (TPSA) is 37.0 Å². The van der Waals surface area contributed by atoms with Crippen LogP contribution >= 0.6 is 23.2 Å². The Labute approximate surface area is 155 Å². The van der Waals surface area contributed by atoms with E-state index in [-0.39, 0.29) is 0 Å². The first-order valence-corrected chi connectivity index (χ1v) is 8.78. The van der Waals surface area contributed by atoms with Gasteiger partial charge in [-0.1, -0.05) is 53.5 Å². The monoisotopic (exact) mass is 370 g/mol. The molecule has 3 aromatic carbocycles. The van der Waals surface area contributed by atoms with Crippen LogP contribution in [0.15, 0.2) is 60.8 Å². The molecule has 4 aromatic rings. The van der Waals surface area contributed by atoms with Gasteiger partial charge in [-0.15, -0.1) is 0 Å². The number of aromatic nitrogens is 1. The van der Waals surface area contributed by atoms with Crippen molar-refractivity contribution in [2.45, 2.75) is 0 Å². The van der Waals surface area contributed by atoms with E-state index in [9.17, 15) is 0 Å². The Hall–Kier alpha value is -2.36. The fourth-order valence-corrected chi connectivity index (χ4v) is 3.37. The minimum Gasteiger partial charge on any atom is -0.491 e. The highest BCUT2D eigenvalue weighted by atomic mass is 35.5. The Morgan fingerprint density at radius 3 is 2.64 bits per heavy atom. The average Bonchev–Trinajstić information content (AvgIpc) is 3.03. The Morgan fingerprint density at radius 1 is 0.920 bits per heavy atom. The third-order valence-electron chi connectivity index (χ3n) is 4.14. The summed E-state index contributed by atoms with van der Waals surface area (Å²) in [5, 5.41) is 7.88. The molecule has 0 bridgehead atoms. The second kappa shape index (κ2) is 6.87. The molecule has 0 unspecified atom stereocenters. The van der Waals surface area contributed by atoms with Crippen molar-refractivity contribution in [3.8, 4) is 5.75 Å². The fraction of sp³-hybridized carbons (Fsp3) is 0.100. The van der Waals surface area contributed by atoms with Crippen LogP contribution in [0.5, 0.6) is 5.75 Å². The highest BCUT2D eigenvalue weighted by Gasteiger charge is 2.11. The number of rotatable bonds is 5. The second-order valence-electron chi connectivity index (χ2n) is 5.77. The van der Waals surface area contributed by atoms with Crippen LogP contribution in [0.2, 0.25) is 10.0 Å². The van der Waals surface area contributed by atoms with E-state index in [1.54, 1.807) is 6.20 Å². The van der Waals surface area contributed by atoms with E-state index in [4.69, 9.17) is 27.9 Å². The van der Waals surface area contributed by atoms with Crippen molar-refractivity contribution in [3.05, 3.63) is 70.8 Å². The molecular weight excluding hydrogens is 355 g/mol. The van der Waals surface area contributed by atoms with Crippen LogP contribution in [0.25, 0.3) is 21.7 Å². The summed E-state index contributed by atoms with van der Waals surface area (Å²) in [5.74, 6) is 0.728. The first kappa shape index (κ1) is 16.1. The quantitative estimate of drug-likeness (QED) is 0.415. The van der Waals surface area contributed by atoms with Crippen molar-refractivity contribution in [2.75, 3.05) is 18.5 Å². The number of benzene rings is 3. The number of ether oxygens (including phenoxy) is 1. The molecule has 0 aliphatic rings. The lowest BCUT2D eigenvalue weighted by atomic mass is 10.1. The van der Waals surface area contributed by atoms with Crippen molar-refractivity contribution >= 4 is 50.6 Å². The Morgan fingerprint density at radius 2 is 1.76 bits per heavy atom. The zero-order valence-corrected chi connectivity index (χ0v) is 14.9. The molecule has 0 spiro atoms. The highest BCUT2D eigenvalue weighted by molar-refractivity contribution is 6.40. The summed E-state index contributed by atoms with van der Waals surface area (Å²) in [6.07, 6.45) is 1.72. The summed E-state index contributed by atoms with van der Waals surface area (Å²) in [5.41, 5.74) is 1.87. The average molecular weight is 371 g/mol. The molecule has 25 heavy (non-hydrogen) atoms. The first-order valence-electron chi connectivity index (χ1n) is 8.03. The minimum atomic E-state index is 0.519. The maximum Gasteiger partial charge on any atom is 0.130 e. The van der Waals surface area contributed by atoms with Crippen LogP contribution in [0, 0.1) is 0 Å². The number of nitrogens with one attached hydrogen (secondary N) is 2. The number of hydrogen-bond donors (Lipinski definition) is 2. The van der Waals surface area contributed by atoms with Crippen LogP contribution in [0.3, 0.4) is 0 Å². The maximum absolute atomic E-state index is 6.23. The van der Waals surface area contributed by atoms with Crippen LogP contribution < -0.4 is 10.1 Å². The third-order valence-corrected chi connectivity index (χ3v) is 4.75. The molecule has 126 valence electrons. The number of halogens is 2. The van der Waals surface area contributed by atoms with Crippen LogP contribution in [0.4, 0.5) is 5.69 Å². The van der Waals surface area contributed by atoms with E-state index >= 15 is 0 Å². The van der Waals surface area contributed by atoms with Gasteiger partial charge in [0.2, 0.25) is 0 Å². The summed E-state index contributed by atoms with van der Waals surface area (Å²) in [4.78, 5) is 3.07. The van der Waals surface area contributed by atoms with Crippen LogP contribution in [-0.4, -0.2) is 18.1 Å². The molecular formula is C20H16Cl2N2O. The predicted octanol–water partition coefficient (Wildman–Crippen LogP) is 6.12. The molecule has 1 aromatic heterocycles. The number of aromatic amines is 1. The molecule has 1 heterocycles. The lowest BCUT2D eigenvalue weighted by Gasteiger charge is -2.11. The number of anilines is 1. The molecule has 4 rings (SSSR count). The van der Waals surface area contributed by atoms with Crippen LogP contribution in [0.1, 0.15) is 0 Å². The zero-order chi connectivity index (χ0) is 17.2. The third kappa shape index (κ3) is 3.26. The van der Waals surface area contributed by atoms with Crippen molar-refractivity contribution < 1.29 is 4.74 Å². The fourth-order valence-electron chi connectivity index (χ4n) is 2.92. The van der Waals surface area contributed by atoms with Gasteiger partial charge in [0.05, 0.1) is 20.9 Å². The van der Waals surface area contributed by atoms with E-state index < -0.39 is 0 Å². The number of fused-ring (bicyclic) bond motifs is 2. The standard InChI is InChI=1S/C20H16Cl2N2O/c21-16-7-8-18(19-17(22)12-24-20(16)19)25-10-9-23-15-6-5-13-3-1-2-4-14(13)11-15/h1-8,11-12,23-24H,9-10H2. The lowest BCUT2D eigenvalue weighted by molar-refractivity contribution is 0.337. The van der Waals surface area contributed by atoms with E-state index in [0.717, 1.165) is 22.3 Å². The maximum atomic E-state index is 6.23. The lowest BCUT2D eigenvalue weighted by Crippen LogP contribution is -2.11. The van der Waals surface area contributed by atoms with E-state index in [1.807, 2.05) is 24.3 Å². The Balaban J connectivity index is 1.42. The second-order valence-corrected chi connectivity index (χ2v) is 6.58. The molecule has 0 aliphatic carbocycles. The van der Waals surface area contributed by atoms with Gasteiger partial charge < -0.3 is 15.0 Å². The highest BCUT2D eigenvalue weighted by Crippen LogP contribution is 2.36. The molecule has 0 atom stereocenters. The van der Waals surface area contributed by atoms with E-state index in [1.165, 1.54) is 10.8 Å². The predicted molar refractivity (Wildman–Crippen MR) is 106 cm³/mol. The SMILES string of the molecule is Clc1ccc(OCCNc2ccc3ccccc3c2)c2c(Cl)c[nH]c12. The van der Waals surface area contributed by atoms with E-state index in [0.29, 0.717) is 23.2 Å². The van der Waals surface area contributed by atoms with Gasteiger partial charge in [0.1, 0.15) is 12.4 Å². The molecule has 3 nitrogen and oxygen atoms in total. The largest absolute Gasteiger partial charge is 0.491 e. The molecule has 2 N–H and O–H groups in total. The smallest absolute Gasteiger partial charge is 0.130 e. The molecule has 0 amide bonds. The van der Waals surface area contributed by atoms with Gasteiger partial charge >= 0.3 is 0 Å². The van der Waals surface area contributed by atoms with Crippen molar-refractivity contribution in [1.29, 1.82) is 0 Å². The summed E-state index contributed by atoms with van der Waals surface area (Å²) < 4.78 is 5.90. The molecule has 5 heteroatoms. The normalized spacial score (nSPS) is 11.1. The van der Waals surface area contributed by atoms with Gasteiger partial charge in [-0.25, -0.2) is 0 Å². The zero-order valence-electron chi connectivity index (χ0n) is 13.4. The summed E-state index contributed by atoms with van der Waals surface area (Å²) in [7, 11) is 0. The van der Waals surface area contributed by atoms with Gasteiger partial charge in [-0.3, -0.25) is 0 Å².